The van der Waals surface area contributed by atoms with Gasteiger partial charge < -0.3 is 5.73 Å². The van der Waals surface area contributed by atoms with E-state index in [-0.39, 0.29) is 0 Å². The zero-order valence-electron chi connectivity index (χ0n) is 9.44. The van der Waals surface area contributed by atoms with E-state index in [1.54, 1.807) is 10.8 Å². The zero-order valence-corrected chi connectivity index (χ0v) is 9.44. The molecule has 0 aromatic carbocycles. The Balaban J connectivity index is 0.000000364. The highest BCUT2D eigenvalue weighted by atomic mass is 15.3. The van der Waals surface area contributed by atoms with Crippen LogP contribution in [-0.4, -0.2) is 14.8 Å². The number of aryl methyl sites for hydroxylation is 1. The standard InChI is InChI=1S/C6H10N4.C4H10/c1-2-10-6(3-4-7)8-5-9-10;1-4(2)3/h3-5H,2,7H2,1H3;4H,1-3H3/b4-3-;. The van der Waals surface area contributed by atoms with Crippen LogP contribution in [0.15, 0.2) is 12.5 Å². The second kappa shape index (κ2) is 7.12. The number of nitrogens with zero attached hydrogens (tertiary/aromatic N) is 3. The average molecular weight is 196 g/mol. The molecule has 1 aromatic rings. The highest BCUT2D eigenvalue weighted by Crippen LogP contribution is 1.94. The molecule has 0 fully saturated rings. The van der Waals surface area contributed by atoms with Crippen molar-refractivity contribution >= 4 is 6.08 Å². The van der Waals surface area contributed by atoms with Gasteiger partial charge in [0.15, 0.2) is 5.82 Å². The van der Waals surface area contributed by atoms with Crippen LogP contribution >= 0.6 is 0 Å². The monoisotopic (exact) mass is 196 g/mol. The molecule has 1 aromatic heterocycles. The van der Waals surface area contributed by atoms with E-state index in [9.17, 15) is 0 Å². The predicted octanol–water partition coefficient (Wildman–Crippen LogP) is 1.89. The maximum Gasteiger partial charge on any atom is 0.152 e. The Kier molecular flexibility index (Phi) is 6.45. The van der Waals surface area contributed by atoms with Gasteiger partial charge in [0.1, 0.15) is 6.33 Å². The molecule has 0 saturated carbocycles. The Labute approximate surface area is 85.8 Å². The van der Waals surface area contributed by atoms with Crippen molar-refractivity contribution in [1.82, 2.24) is 14.8 Å². The topological polar surface area (TPSA) is 56.7 Å². The first-order valence-corrected chi connectivity index (χ1v) is 4.87. The Morgan fingerprint density at radius 3 is 2.50 bits per heavy atom. The van der Waals surface area contributed by atoms with Gasteiger partial charge in [0, 0.05) is 6.54 Å². The van der Waals surface area contributed by atoms with E-state index in [1.807, 2.05) is 6.92 Å². The normalized spacial score (nSPS) is 10.4. The summed E-state index contributed by atoms with van der Waals surface area (Å²) in [7, 11) is 0. The zero-order chi connectivity index (χ0) is 11.0. The van der Waals surface area contributed by atoms with E-state index >= 15 is 0 Å². The minimum atomic E-state index is 0.796. The van der Waals surface area contributed by atoms with E-state index in [0.29, 0.717) is 0 Å². The van der Waals surface area contributed by atoms with Gasteiger partial charge in [-0.05, 0) is 25.1 Å². The Hall–Kier alpha value is -1.32. The van der Waals surface area contributed by atoms with Crippen molar-refractivity contribution in [1.29, 1.82) is 0 Å². The first-order valence-electron chi connectivity index (χ1n) is 4.87. The summed E-state index contributed by atoms with van der Waals surface area (Å²) in [4.78, 5) is 3.96. The maximum absolute atomic E-state index is 5.18. The molecule has 0 unspecified atom stereocenters. The average Bonchev–Trinajstić information content (AvgIpc) is 2.51. The molecule has 0 aliphatic carbocycles. The molecule has 2 N–H and O–H groups in total. The molecule has 0 bridgehead atoms. The predicted molar refractivity (Wildman–Crippen MR) is 59.4 cm³/mol. The van der Waals surface area contributed by atoms with Gasteiger partial charge in [0.25, 0.3) is 0 Å². The van der Waals surface area contributed by atoms with Crippen molar-refractivity contribution in [2.75, 3.05) is 0 Å². The molecule has 0 spiro atoms. The van der Waals surface area contributed by atoms with Crippen LogP contribution in [0.5, 0.6) is 0 Å². The van der Waals surface area contributed by atoms with E-state index in [1.165, 1.54) is 12.5 Å². The molecule has 0 atom stereocenters. The van der Waals surface area contributed by atoms with Crippen molar-refractivity contribution in [2.24, 2.45) is 11.7 Å². The first-order chi connectivity index (χ1) is 6.61. The van der Waals surface area contributed by atoms with Gasteiger partial charge in [0.05, 0.1) is 0 Å². The summed E-state index contributed by atoms with van der Waals surface area (Å²) in [6.07, 6.45) is 4.69. The van der Waals surface area contributed by atoms with Gasteiger partial charge in [-0.15, -0.1) is 0 Å². The largest absolute Gasteiger partial charge is 0.404 e. The van der Waals surface area contributed by atoms with E-state index < -0.39 is 0 Å². The summed E-state index contributed by atoms with van der Waals surface area (Å²) in [5.41, 5.74) is 5.18. The lowest BCUT2D eigenvalue weighted by molar-refractivity contribution is 0.651. The second-order valence-corrected chi connectivity index (χ2v) is 3.53. The summed E-state index contributed by atoms with van der Waals surface area (Å²) in [6.45, 7) is 9.32. The number of hydrogen-bond acceptors (Lipinski definition) is 3. The van der Waals surface area contributed by atoms with Crippen LogP contribution in [0.2, 0.25) is 0 Å². The lowest BCUT2D eigenvalue weighted by Crippen LogP contribution is -1.99. The molecule has 0 saturated heterocycles. The fourth-order valence-electron chi connectivity index (χ4n) is 0.732. The van der Waals surface area contributed by atoms with Gasteiger partial charge in [-0.25, -0.2) is 9.67 Å². The smallest absolute Gasteiger partial charge is 0.152 e. The van der Waals surface area contributed by atoms with Crippen LogP contribution in [0.25, 0.3) is 6.08 Å². The minimum absolute atomic E-state index is 0.796. The Morgan fingerprint density at radius 1 is 1.50 bits per heavy atom. The third-order valence-electron chi connectivity index (χ3n) is 1.19. The quantitative estimate of drug-likeness (QED) is 0.785. The molecule has 4 heteroatoms. The summed E-state index contributed by atoms with van der Waals surface area (Å²) in [5.74, 6) is 1.63. The Morgan fingerprint density at radius 2 is 2.07 bits per heavy atom. The molecule has 0 aliphatic rings. The summed E-state index contributed by atoms with van der Waals surface area (Å²) < 4.78 is 1.77. The molecule has 0 aliphatic heterocycles. The van der Waals surface area contributed by atoms with Gasteiger partial charge >= 0.3 is 0 Å². The summed E-state index contributed by atoms with van der Waals surface area (Å²) in [5, 5.41) is 3.95. The Bertz CT molecular complexity index is 260. The summed E-state index contributed by atoms with van der Waals surface area (Å²) >= 11 is 0. The fourth-order valence-corrected chi connectivity index (χ4v) is 0.732. The summed E-state index contributed by atoms with van der Waals surface area (Å²) in [6, 6.07) is 0. The van der Waals surface area contributed by atoms with Gasteiger partial charge in [-0.3, -0.25) is 0 Å². The van der Waals surface area contributed by atoms with Crippen LogP contribution < -0.4 is 5.73 Å². The first kappa shape index (κ1) is 12.7. The molecular weight excluding hydrogens is 176 g/mol. The molecule has 0 radical (unpaired) electrons. The third kappa shape index (κ3) is 5.35. The highest BCUT2D eigenvalue weighted by Gasteiger charge is 1.94. The second-order valence-electron chi connectivity index (χ2n) is 3.53. The van der Waals surface area contributed by atoms with Gasteiger partial charge in [0.2, 0.25) is 0 Å². The molecule has 14 heavy (non-hydrogen) atoms. The van der Waals surface area contributed by atoms with Gasteiger partial charge in [-0.1, -0.05) is 20.8 Å². The van der Waals surface area contributed by atoms with Crippen LogP contribution in [0.1, 0.15) is 33.5 Å². The van der Waals surface area contributed by atoms with E-state index in [0.717, 1.165) is 18.3 Å². The van der Waals surface area contributed by atoms with E-state index in [2.05, 4.69) is 30.9 Å². The lowest BCUT2D eigenvalue weighted by atomic mass is 10.3. The number of hydrogen-bond donors (Lipinski definition) is 1. The van der Waals surface area contributed by atoms with Crippen LogP contribution in [0.3, 0.4) is 0 Å². The SMILES string of the molecule is CC(C)C.CCn1ncnc1/C=C\N. The lowest BCUT2D eigenvalue weighted by Gasteiger charge is -1.94. The molecule has 4 nitrogen and oxygen atoms in total. The molecule has 0 amide bonds. The number of nitrogens with two attached hydrogens (primary N) is 1. The van der Waals surface area contributed by atoms with Crippen LogP contribution in [0, 0.1) is 5.92 Å². The molecule has 1 heterocycles. The number of rotatable bonds is 2. The van der Waals surface area contributed by atoms with Crippen molar-refractivity contribution < 1.29 is 0 Å². The molecule has 1 rings (SSSR count). The van der Waals surface area contributed by atoms with Gasteiger partial charge in [-0.2, -0.15) is 5.10 Å². The molecule has 80 valence electrons. The minimum Gasteiger partial charge on any atom is -0.404 e. The molecular formula is C10H20N4. The third-order valence-corrected chi connectivity index (χ3v) is 1.19. The number of aromatic nitrogens is 3. The van der Waals surface area contributed by atoms with Crippen molar-refractivity contribution in [3.8, 4) is 0 Å². The maximum atomic E-state index is 5.18. The van der Waals surface area contributed by atoms with Crippen molar-refractivity contribution in [3.05, 3.63) is 18.4 Å². The van der Waals surface area contributed by atoms with Crippen LogP contribution in [-0.2, 0) is 6.54 Å². The van der Waals surface area contributed by atoms with E-state index in [4.69, 9.17) is 5.73 Å². The fraction of sp³-hybridized carbons (Fsp3) is 0.600. The van der Waals surface area contributed by atoms with Crippen molar-refractivity contribution in [3.63, 3.8) is 0 Å². The highest BCUT2D eigenvalue weighted by molar-refractivity contribution is 5.38. The van der Waals surface area contributed by atoms with Crippen molar-refractivity contribution in [2.45, 2.75) is 34.2 Å². The van der Waals surface area contributed by atoms with Crippen LogP contribution in [0.4, 0.5) is 0 Å².